The molecule has 1 heterocycles. The molecular formula is C24H35NO3. The molecule has 0 spiro atoms. The SMILES string of the molecule is COc1cc2c(cc1C(C)(C)O)/C(=C/C(=O)C1CCCCCC1)NC(C)(C)C2. The molecule has 0 bridgehead atoms. The van der Waals surface area contributed by atoms with Crippen LogP contribution in [0, 0.1) is 5.92 Å². The van der Waals surface area contributed by atoms with Gasteiger partial charge in [0.05, 0.1) is 12.7 Å². The van der Waals surface area contributed by atoms with E-state index < -0.39 is 5.60 Å². The van der Waals surface area contributed by atoms with E-state index in [-0.39, 0.29) is 17.2 Å². The Balaban J connectivity index is 2.04. The molecule has 1 aliphatic carbocycles. The fourth-order valence-corrected chi connectivity index (χ4v) is 4.56. The van der Waals surface area contributed by atoms with Crippen molar-refractivity contribution >= 4 is 11.5 Å². The summed E-state index contributed by atoms with van der Waals surface area (Å²) < 4.78 is 5.56. The first-order chi connectivity index (χ1) is 13.1. The second kappa shape index (κ2) is 7.90. The minimum Gasteiger partial charge on any atom is -0.496 e. The highest BCUT2D eigenvalue weighted by Crippen LogP contribution is 2.38. The van der Waals surface area contributed by atoms with Crippen LogP contribution in [0.4, 0.5) is 0 Å². The van der Waals surface area contributed by atoms with Gasteiger partial charge in [0.1, 0.15) is 5.75 Å². The predicted octanol–water partition coefficient (Wildman–Crippen LogP) is 4.73. The van der Waals surface area contributed by atoms with Crippen molar-refractivity contribution in [3.63, 3.8) is 0 Å². The Morgan fingerprint density at radius 1 is 1.21 bits per heavy atom. The molecule has 4 nitrogen and oxygen atoms in total. The average molecular weight is 386 g/mol. The third-order valence-corrected chi connectivity index (χ3v) is 6.02. The van der Waals surface area contributed by atoms with Crippen molar-refractivity contribution in [1.82, 2.24) is 5.32 Å². The van der Waals surface area contributed by atoms with E-state index >= 15 is 0 Å². The highest BCUT2D eigenvalue weighted by Gasteiger charge is 2.32. The summed E-state index contributed by atoms with van der Waals surface area (Å²) in [5, 5.41) is 14.2. The average Bonchev–Trinajstić information content (AvgIpc) is 2.88. The molecule has 1 saturated carbocycles. The van der Waals surface area contributed by atoms with Crippen molar-refractivity contribution in [3.8, 4) is 5.75 Å². The molecule has 1 aliphatic heterocycles. The highest BCUT2D eigenvalue weighted by atomic mass is 16.5. The van der Waals surface area contributed by atoms with Crippen LogP contribution in [0.1, 0.15) is 82.9 Å². The Morgan fingerprint density at radius 3 is 2.43 bits per heavy atom. The zero-order valence-electron chi connectivity index (χ0n) is 18.0. The van der Waals surface area contributed by atoms with Gasteiger partial charge in [-0.1, -0.05) is 25.7 Å². The highest BCUT2D eigenvalue weighted by molar-refractivity contribution is 5.98. The van der Waals surface area contributed by atoms with Crippen LogP contribution in [0.3, 0.4) is 0 Å². The molecular weight excluding hydrogens is 350 g/mol. The van der Waals surface area contributed by atoms with Gasteiger partial charge in [0.25, 0.3) is 0 Å². The molecule has 1 fully saturated rings. The lowest BCUT2D eigenvalue weighted by atomic mass is 9.82. The van der Waals surface area contributed by atoms with Crippen LogP contribution in [-0.2, 0) is 16.8 Å². The molecule has 0 amide bonds. The number of hydrogen-bond donors (Lipinski definition) is 2. The van der Waals surface area contributed by atoms with E-state index in [9.17, 15) is 9.90 Å². The Hall–Kier alpha value is -1.81. The van der Waals surface area contributed by atoms with Crippen LogP contribution in [0.2, 0.25) is 0 Å². The molecule has 0 atom stereocenters. The summed E-state index contributed by atoms with van der Waals surface area (Å²) in [6.45, 7) is 7.82. The first-order valence-corrected chi connectivity index (χ1v) is 10.6. The number of aliphatic hydroxyl groups is 1. The van der Waals surface area contributed by atoms with Crippen molar-refractivity contribution in [2.75, 3.05) is 7.11 Å². The fourth-order valence-electron chi connectivity index (χ4n) is 4.56. The van der Waals surface area contributed by atoms with Crippen LogP contribution >= 0.6 is 0 Å². The molecule has 3 rings (SSSR count). The minimum atomic E-state index is -1.02. The van der Waals surface area contributed by atoms with E-state index in [1.807, 2.05) is 18.2 Å². The first kappa shape index (κ1) is 20.9. The number of hydrogen-bond acceptors (Lipinski definition) is 4. The van der Waals surface area contributed by atoms with Crippen LogP contribution in [-0.4, -0.2) is 23.5 Å². The number of fused-ring (bicyclic) bond motifs is 1. The Kier molecular flexibility index (Phi) is 5.90. The van der Waals surface area contributed by atoms with Gasteiger partial charge in [-0.2, -0.15) is 0 Å². The molecule has 4 heteroatoms. The molecule has 1 aromatic rings. The maximum Gasteiger partial charge on any atom is 0.160 e. The lowest BCUT2D eigenvalue weighted by Crippen LogP contribution is -2.44. The standard InChI is InChI=1S/C24H35NO3/c1-23(2)15-17-12-22(28-5)19(24(3,4)27)13-18(17)20(25-23)14-21(26)16-10-8-6-7-9-11-16/h12-14,16,25,27H,6-11,15H2,1-5H3/b20-14-. The van der Waals surface area contributed by atoms with Gasteiger partial charge in [-0.15, -0.1) is 0 Å². The summed E-state index contributed by atoms with van der Waals surface area (Å²) in [7, 11) is 1.63. The van der Waals surface area contributed by atoms with Crippen molar-refractivity contribution in [2.24, 2.45) is 5.92 Å². The summed E-state index contributed by atoms with van der Waals surface area (Å²) in [4.78, 5) is 13.1. The lowest BCUT2D eigenvalue weighted by Gasteiger charge is -2.37. The second-order valence-corrected chi connectivity index (χ2v) is 9.60. The van der Waals surface area contributed by atoms with E-state index in [4.69, 9.17) is 4.74 Å². The topological polar surface area (TPSA) is 58.6 Å². The van der Waals surface area contributed by atoms with Crippen LogP contribution in [0.5, 0.6) is 5.75 Å². The quantitative estimate of drug-likeness (QED) is 0.581. The van der Waals surface area contributed by atoms with E-state index in [1.165, 1.54) is 12.8 Å². The second-order valence-electron chi connectivity index (χ2n) is 9.60. The maximum atomic E-state index is 13.1. The van der Waals surface area contributed by atoms with Gasteiger partial charge in [-0.3, -0.25) is 4.79 Å². The first-order valence-electron chi connectivity index (χ1n) is 10.6. The Bertz CT molecular complexity index is 763. The lowest BCUT2D eigenvalue weighted by molar-refractivity contribution is -0.118. The van der Waals surface area contributed by atoms with Crippen LogP contribution < -0.4 is 10.1 Å². The Labute approximate surface area is 169 Å². The van der Waals surface area contributed by atoms with Gasteiger partial charge in [-0.05, 0) is 64.7 Å². The summed E-state index contributed by atoms with van der Waals surface area (Å²) in [5.41, 5.74) is 2.58. The number of carbonyl (C=O) groups excluding carboxylic acids is 1. The minimum absolute atomic E-state index is 0.136. The zero-order chi connectivity index (χ0) is 20.5. The number of allylic oxidation sites excluding steroid dienone is 1. The summed E-state index contributed by atoms with van der Waals surface area (Å²) in [5.74, 6) is 1.06. The summed E-state index contributed by atoms with van der Waals surface area (Å²) in [6, 6.07) is 4.01. The maximum absolute atomic E-state index is 13.1. The summed E-state index contributed by atoms with van der Waals surface area (Å²) >= 11 is 0. The Morgan fingerprint density at radius 2 is 1.86 bits per heavy atom. The van der Waals surface area contributed by atoms with Crippen LogP contribution in [0.15, 0.2) is 18.2 Å². The summed E-state index contributed by atoms with van der Waals surface area (Å²) in [6.07, 6.45) is 9.42. The monoisotopic (exact) mass is 385 g/mol. The fraction of sp³-hybridized carbons (Fsp3) is 0.625. The normalized spacial score (nSPS) is 21.6. The number of methoxy groups -OCH3 is 1. The van der Waals surface area contributed by atoms with Crippen molar-refractivity contribution < 1.29 is 14.6 Å². The molecule has 28 heavy (non-hydrogen) atoms. The third kappa shape index (κ3) is 4.60. The number of rotatable bonds is 4. The molecule has 2 N–H and O–H groups in total. The number of carbonyl (C=O) groups is 1. The van der Waals surface area contributed by atoms with Gasteiger partial charge in [-0.25, -0.2) is 0 Å². The van der Waals surface area contributed by atoms with E-state index in [0.29, 0.717) is 5.75 Å². The third-order valence-electron chi connectivity index (χ3n) is 6.02. The number of benzene rings is 1. The molecule has 1 aromatic carbocycles. The molecule has 0 radical (unpaired) electrons. The van der Waals surface area contributed by atoms with E-state index in [1.54, 1.807) is 21.0 Å². The van der Waals surface area contributed by atoms with Crippen molar-refractivity contribution in [3.05, 3.63) is 34.9 Å². The van der Waals surface area contributed by atoms with Gasteiger partial charge >= 0.3 is 0 Å². The molecule has 0 unspecified atom stereocenters. The van der Waals surface area contributed by atoms with Gasteiger partial charge in [0.15, 0.2) is 5.78 Å². The largest absolute Gasteiger partial charge is 0.496 e. The zero-order valence-corrected chi connectivity index (χ0v) is 18.0. The molecule has 0 aromatic heterocycles. The van der Waals surface area contributed by atoms with Gasteiger partial charge < -0.3 is 15.2 Å². The van der Waals surface area contributed by atoms with E-state index in [0.717, 1.165) is 54.5 Å². The predicted molar refractivity (Wildman–Crippen MR) is 113 cm³/mol. The number of ether oxygens (including phenoxy) is 1. The molecule has 154 valence electrons. The van der Waals surface area contributed by atoms with E-state index in [2.05, 4.69) is 19.2 Å². The smallest absolute Gasteiger partial charge is 0.160 e. The van der Waals surface area contributed by atoms with Gasteiger partial charge in [0, 0.05) is 34.4 Å². The van der Waals surface area contributed by atoms with Gasteiger partial charge in [0.2, 0.25) is 0 Å². The number of nitrogens with one attached hydrogen (secondary N) is 1. The van der Waals surface area contributed by atoms with Crippen LogP contribution in [0.25, 0.3) is 5.70 Å². The van der Waals surface area contributed by atoms with Crippen molar-refractivity contribution in [1.29, 1.82) is 0 Å². The van der Waals surface area contributed by atoms with Crippen molar-refractivity contribution in [2.45, 2.75) is 83.8 Å². The molecule has 2 aliphatic rings. The molecule has 0 saturated heterocycles. The number of ketones is 1.